The molecule has 5 aliphatic rings. The molecule has 5 heteroatoms. The number of hydrogen-bond donors (Lipinski definition) is 1. The standard InChI is InChI=1S/C35H57N3OS/c1-24(2)8-6-9-25(3)27-12-13-28-26-10-11-30-32-31(15-17-35(30,5)29(26)14-16-34(27,28)4)37-33(40-32)36-18-7-19-38-20-22-39-23-21-38/h11,24-29H,6-10,12-23H2,1-5H3,(H,36,37)/t25-,26+,27-,28+,29+,34-,35-/m1/s1. The molecule has 3 fully saturated rings. The molecule has 4 nitrogen and oxygen atoms in total. The monoisotopic (exact) mass is 567 g/mol. The average Bonchev–Trinajstić information content (AvgIpc) is 3.51. The minimum atomic E-state index is 0.346. The molecule has 4 aliphatic carbocycles. The molecule has 0 radical (unpaired) electrons. The highest BCUT2D eigenvalue weighted by Crippen LogP contribution is 2.68. The van der Waals surface area contributed by atoms with Gasteiger partial charge < -0.3 is 10.1 Å². The van der Waals surface area contributed by atoms with Gasteiger partial charge in [0.25, 0.3) is 0 Å². The molecular formula is C35H57N3OS. The van der Waals surface area contributed by atoms with Gasteiger partial charge >= 0.3 is 0 Å². The average molecular weight is 568 g/mol. The van der Waals surface area contributed by atoms with Crippen LogP contribution in [0, 0.1) is 46.3 Å². The van der Waals surface area contributed by atoms with Crippen LogP contribution < -0.4 is 5.32 Å². The van der Waals surface area contributed by atoms with Gasteiger partial charge in [-0.15, -0.1) is 0 Å². The number of aromatic nitrogens is 1. The van der Waals surface area contributed by atoms with Gasteiger partial charge in [-0.25, -0.2) is 4.98 Å². The maximum Gasteiger partial charge on any atom is 0.183 e. The van der Waals surface area contributed by atoms with Crippen molar-refractivity contribution in [2.24, 2.45) is 46.3 Å². The van der Waals surface area contributed by atoms with Crippen LogP contribution in [0.3, 0.4) is 0 Å². The Morgan fingerprint density at radius 2 is 1.88 bits per heavy atom. The van der Waals surface area contributed by atoms with E-state index in [1.807, 2.05) is 11.3 Å². The van der Waals surface area contributed by atoms with Crippen molar-refractivity contribution in [3.8, 4) is 0 Å². The molecule has 0 aromatic carbocycles. The molecule has 7 atom stereocenters. The second-order valence-corrected chi connectivity index (χ2v) is 16.2. The van der Waals surface area contributed by atoms with Crippen molar-refractivity contribution in [1.82, 2.24) is 9.88 Å². The molecule has 1 aromatic heterocycles. The van der Waals surface area contributed by atoms with E-state index in [1.54, 1.807) is 5.57 Å². The number of hydrogen-bond acceptors (Lipinski definition) is 5. The fourth-order valence-electron chi connectivity index (χ4n) is 10.3. The molecule has 6 rings (SSSR count). The number of ether oxygens (including phenoxy) is 1. The lowest BCUT2D eigenvalue weighted by molar-refractivity contribution is -0.0392. The van der Waals surface area contributed by atoms with Crippen LogP contribution in [0.1, 0.15) is 109 Å². The number of anilines is 1. The van der Waals surface area contributed by atoms with Crippen LogP contribution in [0.4, 0.5) is 5.13 Å². The van der Waals surface area contributed by atoms with E-state index in [2.05, 4.69) is 50.9 Å². The van der Waals surface area contributed by atoms with Crippen LogP contribution in [0.2, 0.25) is 0 Å². The van der Waals surface area contributed by atoms with Gasteiger partial charge in [0.05, 0.1) is 23.8 Å². The van der Waals surface area contributed by atoms with Crippen LogP contribution in [0.15, 0.2) is 6.08 Å². The zero-order chi connectivity index (χ0) is 27.9. The van der Waals surface area contributed by atoms with E-state index in [0.29, 0.717) is 10.8 Å². The largest absolute Gasteiger partial charge is 0.379 e. The van der Waals surface area contributed by atoms with Crippen LogP contribution in [0.5, 0.6) is 0 Å². The third kappa shape index (κ3) is 5.46. The fraction of sp³-hybridized carbons (Fsp3) is 0.857. The number of rotatable bonds is 10. The highest BCUT2D eigenvalue weighted by Gasteiger charge is 2.59. The lowest BCUT2D eigenvalue weighted by atomic mass is 9.47. The molecule has 0 amide bonds. The van der Waals surface area contributed by atoms with E-state index in [0.717, 1.165) is 86.5 Å². The summed E-state index contributed by atoms with van der Waals surface area (Å²) in [7, 11) is 0. The predicted molar refractivity (Wildman–Crippen MR) is 170 cm³/mol. The van der Waals surface area contributed by atoms with Crippen molar-refractivity contribution in [1.29, 1.82) is 0 Å². The topological polar surface area (TPSA) is 37.4 Å². The fourth-order valence-corrected chi connectivity index (χ4v) is 11.5. The maximum absolute atomic E-state index is 5.49. The number of allylic oxidation sites excluding steroid dienone is 2. The van der Waals surface area contributed by atoms with E-state index < -0.39 is 0 Å². The lowest BCUT2D eigenvalue weighted by Gasteiger charge is -2.57. The van der Waals surface area contributed by atoms with Crippen molar-refractivity contribution in [2.75, 3.05) is 44.7 Å². The molecule has 0 spiro atoms. The molecule has 1 aromatic rings. The molecule has 0 bridgehead atoms. The van der Waals surface area contributed by atoms with Crippen molar-refractivity contribution < 1.29 is 4.74 Å². The first kappa shape index (κ1) is 29.2. The van der Waals surface area contributed by atoms with Crippen molar-refractivity contribution in [3.63, 3.8) is 0 Å². The highest BCUT2D eigenvalue weighted by atomic mass is 32.1. The number of nitrogens with zero attached hydrogens (tertiary/aromatic N) is 2. The van der Waals surface area contributed by atoms with Crippen molar-refractivity contribution in [3.05, 3.63) is 16.6 Å². The van der Waals surface area contributed by atoms with Gasteiger partial charge in [-0.3, -0.25) is 4.90 Å². The molecule has 2 saturated carbocycles. The zero-order valence-electron chi connectivity index (χ0n) is 26.3. The van der Waals surface area contributed by atoms with Crippen LogP contribution >= 0.6 is 11.3 Å². The summed E-state index contributed by atoms with van der Waals surface area (Å²) in [6.07, 6.45) is 17.8. The number of thiazole rings is 1. The minimum absolute atomic E-state index is 0.346. The summed E-state index contributed by atoms with van der Waals surface area (Å²) >= 11 is 1.95. The van der Waals surface area contributed by atoms with E-state index in [9.17, 15) is 0 Å². The summed E-state index contributed by atoms with van der Waals surface area (Å²) in [6.45, 7) is 18.9. The van der Waals surface area contributed by atoms with Gasteiger partial charge in [0.1, 0.15) is 0 Å². The van der Waals surface area contributed by atoms with E-state index in [-0.39, 0.29) is 0 Å². The van der Waals surface area contributed by atoms with Gasteiger partial charge in [-0.1, -0.05) is 71.3 Å². The van der Waals surface area contributed by atoms with Gasteiger partial charge in [-0.2, -0.15) is 0 Å². The van der Waals surface area contributed by atoms with Gasteiger partial charge in [0.2, 0.25) is 0 Å². The van der Waals surface area contributed by atoms with Gasteiger partial charge in [0.15, 0.2) is 5.13 Å². The first-order chi connectivity index (χ1) is 19.3. The molecule has 40 heavy (non-hydrogen) atoms. The molecule has 1 saturated heterocycles. The first-order valence-corrected chi connectivity index (χ1v) is 17.9. The molecular weight excluding hydrogens is 510 g/mol. The predicted octanol–water partition coefficient (Wildman–Crippen LogP) is 8.54. The Labute approximate surface area is 249 Å². The van der Waals surface area contributed by atoms with Crippen molar-refractivity contribution >= 4 is 22.0 Å². The summed E-state index contributed by atoms with van der Waals surface area (Å²) in [5, 5.41) is 4.85. The summed E-state index contributed by atoms with van der Waals surface area (Å²) in [6, 6.07) is 0. The summed E-state index contributed by atoms with van der Waals surface area (Å²) in [4.78, 5) is 9.18. The van der Waals surface area contributed by atoms with Gasteiger partial charge in [0, 0.05) is 19.6 Å². The van der Waals surface area contributed by atoms with E-state index in [4.69, 9.17) is 9.72 Å². The third-order valence-electron chi connectivity index (χ3n) is 12.5. The SMILES string of the molecule is CC(C)CCC[C@@H](C)[C@H]1CC[C@H]2[C@@H]3CC=C4c5sc(NCCCN6CCOCC6)nc5CC[C@]4(C)[C@H]3CC[C@]12C. The Bertz CT molecular complexity index is 1040. The molecule has 2 heterocycles. The lowest BCUT2D eigenvalue weighted by Crippen LogP contribution is -2.49. The second-order valence-electron chi connectivity index (χ2n) is 15.2. The van der Waals surface area contributed by atoms with E-state index >= 15 is 0 Å². The van der Waals surface area contributed by atoms with Crippen LogP contribution in [0.25, 0.3) is 5.57 Å². The molecule has 1 aliphatic heterocycles. The Kier molecular flexibility index (Phi) is 8.75. The van der Waals surface area contributed by atoms with E-state index in [1.165, 1.54) is 74.8 Å². The van der Waals surface area contributed by atoms with Gasteiger partial charge in [-0.05, 0) is 110 Å². The summed E-state index contributed by atoms with van der Waals surface area (Å²) in [5.74, 6) is 5.38. The Hall–Kier alpha value is -0.910. The maximum atomic E-state index is 5.49. The van der Waals surface area contributed by atoms with Crippen LogP contribution in [-0.2, 0) is 11.2 Å². The minimum Gasteiger partial charge on any atom is -0.379 e. The zero-order valence-corrected chi connectivity index (χ0v) is 27.1. The normalized spacial score (nSPS) is 36.4. The number of fused-ring (bicyclic) bond motifs is 7. The number of nitrogens with one attached hydrogen (secondary N) is 1. The molecule has 0 unspecified atom stereocenters. The third-order valence-corrected chi connectivity index (χ3v) is 13.6. The summed E-state index contributed by atoms with van der Waals surface area (Å²) in [5.41, 5.74) is 3.97. The summed E-state index contributed by atoms with van der Waals surface area (Å²) < 4.78 is 5.49. The Morgan fingerprint density at radius 1 is 1.05 bits per heavy atom. The quantitative estimate of drug-likeness (QED) is 0.288. The second kappa shape index (κ2) is 12.0. The Morgan fingerprint density at radius 3 is 2.67 bits per heavy atom. The van der Waals surface area contributed by atoms with Crippen LogP contribution in [-0.4, -0.2) is 49.3 Å². The smallest absolute Gasteiger partial charge is 0.183 e. The number of aryl methyl sites for hydroxylation is 1. The molecule has 1 N–H and O–H groups in total. The first-order valence-electron chi connectivity index (χ1n) is 17.0. The Balaban J connectivity index is 1.11. The van der Waals surface area contributed by atoms with Crippen molar-refractivity contribution in [2.45, 2.75) is 105 Å². The highest BCUT2D eigenvalue weighted by molar-refractivity contribution is 7.16. The number of morpholine rings is 1. The molecule has 224 valence electrons.